The normalized spacial score (nSPS) is 10.9. The summed E-state index contributed by atoms with van der Waals surface area (Å²) in [6.07, 6.45) is 1.28. The number of anilines is 1. The zero-order chi connectivity index (χ0) is 18.6. The van der Waals surface area contributed by atoms with Gasteiger partial charge < -0.3 is 5.32 Å². The first-order chi connectivity index (χ1) is 11.8. The zero-order valence-electron chi connectivity index (χ0n) is 13.5. The van der Waals surface area contributed by atoms with Crippen LogP contribution in [0.2, 0.25) is 5.02 Å². The average molecular weight is 356 g/mol. The molecule has 0 saturated carbocycles. The van der Waals surface area contributed by atoms with Crippen molar-refractivity contribution < 1.29 is 9.72 Å². The van der Waals surface area contributed by atoms with E-state index in [0.717, 1.165) is 11.1 Å². The third-order valence-electron chi connectivity index (χ3n) is 3.70. The molecule has 0 heterocycles. The number of carbonyl (C=O) groups is 1. The van der Waals surface area contributed by atoms with Crippen molar-refractivity contribution in [3.8, 4) is 6.07 Å². The summed E-state index contributed by atoms with van der Waals surface area (Å²) in [5.41, 5.74) is 2.39. The average Bonchev–Trinajstić information content (AvgIpc) is 2.57. The fourth-order valence-corrected chi connectivity index (χ4v) is 2.34. The van der Waals surface area contributed by atoms with Crippen LogP contribution in [0.25, 0.3) is 6.08 Å². The molecule has 2 aromatic carbocycles. The van der Waals surface area contributed by atoms with Crippen molar-refractivity contribution in [3.63, 3.8) is 0 Å². The fraction of sp³-hybridized carbons (Fsp3) is 0.111. The number of aryl methyl sites for hydroxylation is 1. The molecule has 126 valence electrons. The highest BCUT2D eigenvalue weighted by Crippen LogP contribution is 2.26. The van der Waals surface area contributed by atoms with E-state index in [0.29, 0.717) is 11.3 Å². The van der Waals surface area contributed by atoms with Gasteiger partial charge in [0.05, 0.1) is 4.92 Å². The fourth-order valence-electron chi connectivity index (χ4n) is 2.15. The molecule has 0 aliphatic carbocycles. The highest BCUT2D eigenvalue weighted by atomic mass is 35.5. The maximum Gasteiger partial charge on any atom is 0.288 e. The number of amides is 1. The number of hydrogen-bond acceptors (Lipinski definition) is 4. The molecular formula is C18H14ClN3O3. The quantitative estimate of drug-likeness (QED) is 0.380. The Bertz CT molecular complexity index is 930. The Labute approximate surface area is 149 Å². The van der Waals surface area contributed by atoms with Crippen LogP contribution in [0.3, 0.4) is 0 Å². The molecule has 0 saturated heterocycles. The Balaban J connectivity index is 2.33. The van der Waals surface area contributed by atoms with Crippen LogP contribution in [-0.4, -0.2) is 10.8 Å². The number of carbonyl (C=O) groups excluding carboxylic acids is 1. The lowest BCUT2D eigenvalue weighted by atomic mass is 10.1. The minimum atomic E-state index is -0.623. The van der Waals surface area contributed by atoms with Crippen molar-refractivity contribution in [2.24, 2.45) is 0 Å². The Kier molecular flexibility index (Phi) is 5.52. The second-order valence-electron chi connectivity index (χ2n) is 5.34. The number of rotatable bonds is 4. The van der Waals surface area contributed by atoms with Crippen molar-refractivity contribution in [1.82, 2.24) is 0 Å². The van der Waals surface area contributed by atoms with Crippen LogP contribution in [0.1, 0.15) is 16.7 Å². The SMILES string of the molecule is Cc1cccc(NC(=O)/C(C#N)=C/c2ccc(Cl)c([N+](=O)[O-])c2)c1C. The number of nitro benzene ring substituents is 1. The third kappa shape index (κ3) is 4.22. The molecule has 0 radical (unpaired) electrons. The van der Waals surface area contributed by atoms with Gasteiger partial charge in [0.15, 0.2) is 0 Å². The van der Waals surface area contributed by atoms with Crippen LogP contribution >= 0.6 is 11.6 Å². The number of hydrogen-bond donors (Lipinski definition) is 1. The lowest BCUT2D eigenvalue weighted by Crippen LogP contribution is -2.14. The van der Waals surface area contributed by atoms with E-state index in [-0.39, 0.29) is 16.3 Å². The standard InChI is InChI=1S/C18H14ClN3O3/c1-11-4-3-5-16(12(11)2)21-18(23)14(10-20)8-13-6-7-15(19)17(9-13)22(24)25/h3-9H,1-2H3,(H,21,23)/b14-8+. The summed E-state index contributed by atoms with van der Waals surface area (Å²) in [5.74, 6) is -0.589. The van der Waals surface area contributed by atoms with Gasteiger partial charge in [0.2, 0.25) is 0 Å². The summed E-state index contributed by atoms with van der Waals surface area (Å²) in [7, 11) is 0. The monoisotopic (exact) mass is 355 g/mol. The topological polar surface area (TPSA) is 96.0 Å². The minimum Gasteiger partial charge on any atom is -0.321 e. The first-order valence-corrected chi connectivity index (χ1v) is 7.64. The van der Waals surface area contributed by atoms with Gasteiger partial charge in [-0.15, -0.1) is 0 Å². The zero-order valence-corrected chi connectivity index (χ0v) is 14.3. The van der Waals surface area contributed by atoms with Gasteiger partial charge in [-0.05, 0) is 48.7 Å². The smallest absolute Gasteiger partial charge is 0.288 e. The molecule has 0 aliphatic rings. The lowest BCUT2D eigenvalue weighted by molar-refractivity contribution is -0.384. The summed E-state index contributed by atoms with van der Waals surface area (Å²) in [5, 5.41) is 22.9. The number of nitrogens with one attached hydrogen (secondary N) is 1. The molecule has 0 unspecified atom stereocenters. The van der Waals surface area contributed by atoms with Crippen LogP contribution in [0.15, 0.2) is 42.0 Å². The number of halogens is 1. The highest BCUT2D eigenvalue weighted by Gasteiger charge is 2.15. The summed E-state index contributed by atoms with van der Waals surface area (Å²) in [6, 6.07) is 11.3. The van der Waals surface area contributed by atoms with Crippen molar-refractivity contribution in [2.45, 2.75) is 13.8 Å². The second-order valence-corrected chi connectivity index (χ2v) is 5.75. The number of benzene rings is 2. The molecule has 7 heteroatoms. The van der Waals surface area contributed by atoms with Crippen LogP contribution in [-0.2, 0) is 4.79 Å². The van der Waals surface area contributed by atoms with E-state index in [1.54, 1.807) is 12.1 Å². The Morgan fingerprint density at radius 1 is 1.32 bits per heavy atom. The Hall–Kier alpha value is -3.17. The van der Waals surface area contributed by atoms with Crippen LogP contribution < -0.4 is 5.32 Å². The lowest BCUT2D eigenvalue weighted by Gasteiger charge is -2.09. The molecule has 2 aromatic rings. The van der Waals surface area contributed by atoms with Crippen molar-refractivity contribution >= 4 is 35.0 Å². The molecule has 0 spiro atoms. The summed E-state index contributed by atoms with van der Waals surface area (Å²) in [4.78, 5) is 22.6. The number of nitrogens with zero attached hydrogens (tertiary/aromatic N) is 2. The van der Waals surface area contributed by atoms with Gasteiger partial charge in [0.25, 0.3) is 11.6 Å². The predicted octanol–water partition coefficient (Wildman–Crippen LogP) is 4.41. The first kappa shape index (κ1) is 18.2. The molecule has 6 nitrogen and oxygen atoms in total. The van der Waals surface area contributed by atoms with Crippen molar-refractivity contribution in [2.75, 3.05) is 5.32 Å². The van der Waals surface area contributed by atoms with Gasteiger partial charge in [-0.1, -0.05) is 29.8 Å². The van der Waals surface area contributed by atoms with E-state index in [2.05, 4.69) is 5.32 Å². The van der Waals surface area contributed by atoms with Crippen LogP contribution in [0, 0.1) is 35.3 Å². The largest absolute Gasteiger partial charge is 0.321 e. The van der Waals surface area contributed by atoms with Gasteiger partial charge in [-0.25, -0.2) is 0 Å². The molecule has 1 N–H and O–H groups in total. The van der Waals surface area contributed by atoms with E-state index in [1.165, 1.54) is 24.3 Å². The molecule has 0 atom stereocenters. The van der Waals surface area contributed by atoms with E-state index < -0.39 is 10.8 Å². The van der Waals surface area contributed by atoms with Crippen LogP contribution in [0.4, 0.5) is 11.4 Å². The molecule has 25 heavy (non-hydrogen) atoms. The van der Waals surface area contributed by atoms with Gasteiger partial charge >= 0.3 is 0 Å². The molecule has 0 bridgehead atoms. The number of nitro groups is 1. The van der Waals surface area contributed by atoms with Gasteiger partial charge in [-0.2, -0.15) is 5.26 Å². The van der Waals surface area contributed by atoms with Crippen molar-refractivity contribution in [1.29, 1.82) is 5.26 Å². The summed E-state index contributed by atoms with van der Waals surface area (Å²) >= 11 is 5.76. The predicted molar refractivity (Wildman–Crippen MR) is 96.2 cm³/mol. The minimum absolute atomic E-state index is 0.0134. The summed E-state index contributed by atoms with van der Waals surface area (Å²) in [6.45, 7) is 3.78. The Morgan fingerprint density at radius 3 is 2.68 bits per heavy atom. The van der Waals surface area contributed by atoms with E-state index in [4.69, 9.17) is 11.6 Å². The van der Waals surface area contributed by atoms with Crippen LogP contribution in [0.5, 0.6) is 0 Å². The highest BCUT2D eigenvalue weighted by molar-refractivity contribution is 6.32. The molecule has 2 rings (SSSR count). The molecular weight excluding hydrogens is 342 g/mol. The molecule has 1 amide bonds. The molecule has 0 aliphatic heterocycles. The van der Waals surface area contributed by atoms with Gasteiger partial charge in [-0.3, -0.25) is 14.9 Å². The maximum absolute atomic E-state index is 12.3. The third-order valence-corrected chi connectivity index (χ3v) is 4.02. The molecule has 0 fully saturated rings. The van der Waals surface area contributed by atoms with E-state index >= 15 is 0 Å². The number of nitriles is 1. The van der Waals surface area contributed by atoms with Gasteiger partial charge in [0, 0.05) is 11.8 Å². The van der Waals surface area contributed by atoms with E-state index in [1.807, 2.05) is 26.0 Å². The molecule has 0 aromatic heterocycles. The summed E-state index contributed by atoms with van der Waals surface area (Å²) < 4.78 is 0. The second kappa shape index (κ2) is 7.60. The maximum atomic E-state index is 12.3. The first-order valence-electron chi connectivity index (χ1n) is 7.26. The van der Waals surface area contributed by atoms with Gasteiger partial charge in [0.1, 0.15) is 16.7 Å². The van der Waals surface area contributed by atoms with E-state index in [9.17, 15) is 20.2 Å². The Morgan fingerprint density at radius 2 is 2.04 bits per heavy atom. The van der Waals surface area contributed by atoms with Crippen molar-refractivity contribution in [3.05, 3.63) is 73.8 Å².